The molecule has 0 aromatic heterocycles. The summed E-state index contributed by atoms with van der Waals surface area (Å²) in [6.07, 6.45) is 24.5. The maximum atomic E-state index is 11.8. The molecule has 4 nitrogen and oxygen atoms in total. The van der Waals surface area contributed by atoms with Crippen molar-refractivity contribution in [3.63, 3.8) is 0 Å². The van der Waals surface area contributed by atoms with E-state index in [1.165, 1.54) is 103 Å². The van der Waals surface area contributed by atoms with Crippen LogP contribution in [0.5, 0.6) is 5.75 Å². The monoisotopic (exact) mass is 462 g/mol. The van der Waals surface area contributed by atoms with Crippen molar-refractivity contribution in [3.05, 3.63) is 29.8 Å². The number of rotatable bonds is 23. The van der Waals surface area contributed by atoms with Gasteiger partial charge in [0.25, 0.3) is 0 Å². The van der Waals surface area contributed by atoms with Crippen LogP contribution in [0.25, 0.3) is 0 Å². The summed E-state index contributed by atoms with van der Waals surface area (Å²) in [4.78, 5) is 11.8. The first kappa shape index (κ1) is 29.5. The molecule has 4 heteroatoms. The van der Waals surface area contributed by atoms with Gasteiger partial charge in [0.05, 0.1) is 5.92 Å². The molecule has 190 valence electrons. The minimum absolute atomic E-state index is 0.442. The Kier molecular flexibility index (Phi) is 18.8. The number of carbonyl (C=O) groups is 1. The van der Waals surface area contributed by atoms with Crippen molar-refractivity contribution in [2.45, 2.75) is 135 Å². The lowest BCUT2D eigenvalue weighted by molar-refractivity contribution is -0.139. The first-order valence-electron chi connectivity index (χ1n) is 13.8. The van der Waals surface area contributed by atoms with Crippen LogP contribution < -0.4 is 4.74 Å². The van der Waals surface area contributed by atoms with Crippen LogP contribution in [0.4, 0.5) is 0 Å². The molecule has 0 bridgehead atoms. The van der Waals surface area contributed by atoms with Gasteiger partial charge in [0.1, 0.15) is 5.75 Å². The third-order valence-electron chi connectivity index (χ3n) is 6.66. The maximum Gasteiger partial charge on any atom is 0.311 e. The van der Waals surface area contributed by atoms with E-state index >= 15 is 0 Å². The Balaban J connectivity index is 1.97. The summed E-state index contributed by atoms with van der Waals surface area (Å²) in [5.74, 6) is -0.931. The highest BCUT2D eigenvalue weighted by molar-refractivity contribution is 5.77. The van der Waals surface area contributed by atoms with Gasteiger partial charge in [0.15, 0.2) is 6.79 Å². The van der Waals surface area contributed by atoms with Gasteiger partial charge >= 0.3 is 5.97 Å². The molecule has 0 aliphatic heterocycles. The Morgan fingerprint density at radius 3 is 1.58 bits per heavy atom. The number of hydrogen-bond acceptors (Lipinski definition) is 3. The molecule has 0 aliphatic rings. The van der Waals surface area contributed by atoms with Gasteiger partial charge in [-0.2, -0.15) is 0 Å². The van der Waals surface area contributed by atoms with Gasteiger partial charge < -0.3 is 14.9 Å². The molecule has 1 atom stereocenters. The number of benzene rings is 1. The number of aliphatic hydroxyl groups is 1. The van der Waals surface area contributed by atoms with Crippen LogP contribution in [0, 0.1) is 0 Å². The van der Waals surface area contributed by atoms with Gasteiger partial charge in [-0.15, -0.1) is 0 Å². The number of unbranched alkanes of at least 4 members (excludes halogenated alkanes) is 17. The van der Waals surface area contributed by atoms with E-state index in [-0.39, 0.29) is 0 Å². The molecule has 1 rings (SSSR count). The fourth-order valence-corrected chi connectivity index (χ4v) is 4.63. The molecule has 1 aromatic rings. The van der Waals surface area contributed by atoms with Crippen LogP contribution in [-0.2, 0) is 4.79 Å². The van der Waals surface area contributed by atoms with Crippen LogP contribution in [0.3, 0.4) is 0 Å². The lowest BCUT2D eigenvalue weighted by Gasteiger charge is -2.16. The van der Waals surface area contributed by atoms with E-state index in [1.807, 2.05) is 6.07 Å². The Morgan fingerprint density at radius 2 is 1.15 bits per heavy atom. The molecule has 0 saturated carbocycles. The molecule has 0 heterocycles. The quantitative estimate of drug-likeness (QED) is 0.126. The molecule has 0 spiro atoms. The SMILES string of the molecule is CCCCCCCCCCCCCCCCCCCCC(C(=O)O)c1ccccc1OCO. The van der Waals surface area contributed by atoms with E-state index < -0.39 is 18.7 Å². The first-order valence-corrected chi connectivity index (χ1v) is 13.8. The summed E-state index contributed by atoms with van der Waals surface area (Å²) >= 11 is 0. The molecule has 0 amide bonds. The van der Waals surface area contributed by atoms with E-state index in [0.29, 0.717) is 17.7 Å². The summed E-state index contributed by atoms with van der Waals surface area (Å²) in [5.41, 5.74) is 0.658. The normalized spacial score (nSPS) is 12.1. The first-order chi connectivity index (χ1) is 16.2. The van der Waals surface area contributed by atoms with Crippen molar-refractivity contribution in [3.8, 4) is 5.75 Å². The molecule has 0 aliphatic carbocycles. The van der Waals surface area contributed by atoms with Crippen molar-refractivity contribution in [1.29, 1.82) is 0 Å². The van der Waals surface area contributed by atoms with Gasteiger partial charge in [-0.05, 0) is 12.5 Å². The molecular weight excluding hydrogens is 412 g/mol. The smallest absolute Gasteiger partial charge is 0.311 e. The Bertz CT molecular complexity index is 587. The lowest BCUT2D eigenvalue weighted by Crippen LogP contribution is -2.13. The van der Waals surface area contributed by atoms with E-state index in [0.717, 1.165) is 12.8 Å². The number of carboxylic acid groups (broad SMARTS) is 1. The minimum Gasteiger partial charge on any atom is -0.481 e. The highest BCUT2D eigenvalue weighted by atomic mass is 16.6. The Hall–Kier alpha value is -1.55. The highest BCUT2D eigenvalue weighted by Gasteiger charge is 2.22. The second-order valence-corrected chi connectivity index (χ2v) is 9.50. The number of ether oxygens (including phenoxy) is 1. The van der Waals surface area contributed by atoms with Crippen LogP contribution in [0.1, 0.15) is 140 Å². The van der Waals surface area contributed by atoms with Crippen LogP contribution in [0.2, 0.25) is 0 Å². The Morgan fingerprint density at radius 1 is 0.727 bits per heavy atom. The zero-order chi connectivity index (χ0) is 24.0. The lowest BCUT2D eigenvalue weighted by atomic mass is 9.92. The number of para-hydroxylation sites is 1. The van der Waals surface area contributed by atoms with E-state index in [9.17, 15) is 9.90 Å². The third-order valence-corrected chi connectivity index (χ3v) is 6.66. The molecule has 0 saturated heterocycles. The molecule has 2 N–H and O–H groups in total. The number of aliphatic hydroxyl groups excluding tert-OH is 1. The van der Waals surface area contributed by atoms with Gasteiger partial charge in [-0.3, -0.25) is 4.79 Å². The largest absolute Gasteiger partial charge is 0.481 e. The number of carboxylic acids is 1. The highest BCUT2D eigenvalue weighted by Crippen LogP contribution is 2.31. The van der Waals surface area contributed by atoms with Crippen LogP contribution in [-0.4, -0.2) is 23.0 Å². The fraction of sp³-hybridized carbons (Fsp3) is 0.759. The predicted octanol–water partition coefficient (Wildman–Crippen LogP) is 8.62. The zero-order valence-corrected chi connectivity index (χ0v) is 21.2. The third kappa shape index (κ3) is 15.1. The van der Waals surface area contributed by atoms with Crippen LogP contribution in [0.15, 0.2) is 24.3 Å². The molecular formula is C29H50O4. The zero-order valence-electron chi connectivity index (χ0n) is 21.2. The van der Waals surface area contributed by atoms with Gasteiger partial charge in [0, 0.05) is 5.56 Å². The van der Waals surface area contributed by atoms with Gasteiger partial charge in [-0.25, -0.2) is 0 Å². The molecule has 1 unspecified atom stereocenters. The van der Waals surface area contributed by atoms with E-state index in [4.69, 9.17) is 9.84 Å². The molecule has 1 aromatic carbocycles. The van der Waals surface area contributed by atoms with E-state index in [1.54, 1.807) is 18.2 Å². The van der Waals surface area contributed by atoms with Gasteiger partial charge in [-0.1, -0.05) is 141 Å². The summed E-state index contributed by atoms with van der Waals surface area (Å²) in [5, 5.41) is 18.7. The summed E-state index contributed by atoms with van der Waals surface area (Å²) < 4.78 is 5.20. The number of hydrogen-bond donors (Lipinski definition) is 2. The second-order valence-electron chi connectivity index (χ2n) is 9.50. The second kappa shape index (κ2) is 21.0. The summed E-state index contributed by atoms with van der Waals surface area (Å²) in [7, 11) is 0. The summed E-state index contributed by atoms with van der Waals surface area (Å²) in [6.45, 7) is 1.83. The predicted molar refractivity (Wildman–Crippen MR) is 138 cm³/mol. The average Bonchev–Trinajstić information content (AvgIpc) is 2.81. The Labute approximate surface area is 203 Å². The molecule has 33 heavy (non-hydrogen) atoms. The minimum atomic E-state index is -0.823. The topological polar surface area (TPSA) is 66.8 Å². The number of aliphatic carboxylic acids is 1. The van der Waals surface area contributed by atoms with Gasteiger partial charge in [0.2, 0.25) is 0 Å². The standard InChI is InChI=1S/C29H50O4/c1-2-3-4-5-6-7-8-9-10-11-12-13-14-15-16-17-18-19-23-27(29(31)32)26-22-20-21-24-28(26)33-25-30/h20-22,24,27,30H,2-19,23,25H2,1H3,(H,31,32). The summed E-state index contributed by atoms with van der Waals surface area (Å²) in [6, 6.07) is 7.13. The van der Waals surface area contributed by atoms with Crippen molar-refractivity contribution in [2.24, 2.45) is 0 Å². The molecule has 0 radical (unpaired) electrons. The van der Waals surface area contributed by atoms with Crippen molar-refractivity contribution in [1.82, 2.24) is 0 Å². The van der Waals surface area contributed by atoms with Crippen molar-refractivity contribution >= 4 is 5.97 Å². The van der Waals surface area contributed by atoms with Crippen molar-refractivity contribution < 1.29 is 19.7 Å². The van der Waals surface area contributed by atoms with Crippen LogP contribution >= 0.6 is 0 Å². The maximum absolute atomic E-state index is 11.8. The average molecular weight is 463 g/mol. The van der Waals surface area contributed by atoms with E-state index in [2.05, 4.69) is 6.92 Å². The van der Waals surface area contributed by atoms with Crippen molar-refractivity contribution in [2.75, 3.05) is 6.79 Å². The molecule has 0 fully saturated rings. The fourth-order valence-electron chi connectivity index (χ4n) is 4.63.